The zero-order valence-electron chi connectivity index (χ0n) is 11.9. The van der Waals surface area contributed by atoms with Crippen LogP contribution in [0.25, 0.3) is 0 Å². The summed E-state index contributed by atoms with van der Waals surface area (Å²) in [5, 5.41) is 0. The first-order valence-electron chi connectivity index (χ1n) is 6.59. The molecule has 1 aromatic heterocycles. The first kappa shape index (κ1) is 14.7. The molecule has 0 saturated carbocycles. The maximum absolute atomic E-state index is 11.8. The van der Waals surface area contributed by atoms with E-state index in [4.69, 9.17) is 9.15 Å². The fourth-order valence-electron chi connectivity index (χ4n) is 1.72. The summed E-state index contributed by atoms with van der Waals surface area (Å²) in [6.45, 7) is 10.5. The van der Waals surface area contributed by atoms with Crippen LogP contribution in [0.1, 0.15) is 56.8 Å². The Hall–Kier alpha value is -1.32. The van der Waals surface area contributed by atoms with Crippen molar-refractivity contribution in [3.05, 3.63) is 17.3 Å². The molecule has 0 aliphatic heterocycles. The van der Waals surface area contributed by atoms with Crippen LogP contribution >= 0.6 is 0 Å². The second-order valence-electron chi connectivity index (χ2n) is 5.30. The van der Waals surface area contributed by atoms with Gasteiger partial charge in [0.2, 0.25) is 5.76 Å². The molecule has 0 unspecified atom stereocenters. The molecule has 0 saturated heterocycles. The molecule has 0 aromatic carbocycles. The molecule has 102 valence electrons. The lowest BCUT2D eigenvalue weighted by atomic mass is 10.1. The Bertz CT molecular complexity index is 394. The van der Waals surface area contributed by atoms with Crippen molar-refractivity contribution in [2.24, 2.45) is 11.8 Å². The van der Waals surface area contributed by atoms with Gasteiger partial charge in [-0.25, -0.2) is 9.78 Å². The number of oxazole rings is 1. The number of carbonyl (C=O) groups is 1. The van der Waals surface area contributed by atoms with Crippen LogP contribution in [-0.2, 0) is 17.6 Å². The minimum Gasteiger partial charge on any atom is -0.460 e. The van der Waals surface area contributed by atoms with Crippen molar-refractivity contribution in [2.75, 3.05) is 6.61 Å². The molecule has 0 N–H and O–H groups in total. The fourth-order valence-corrected chi connectivity index (χ4v) is 1.72. The van der Waals surface area contributed by atoms with Gasteiger partial charge in [0.1, 0.15) is 0 Å². The maximum Gasteiger partial charge on any atom is 0.376 e. The van der Waals surface area contributed by atoms with Crippen LogP contribution in [0.15, 0.2) is 4.42 Å². The molecule has 0 fully saturated rings. The minimum absolute atomic E-state index is 0.279. The molecule has 0 aliphatic carbocycles. The zero-order chi connectivity index (χ0) is 13.7. The smallest absolute Gasteiger partial charge is 0.376 e. The third-order valence-electron chi connectivity index (χ3n) is 2.39. The number of carbonyl (C=O) groups excluding carboxylic acids is 1. The standard InChI is InChI=1S/C14H23NO3/c1-6-17-14(16)13-11(7-9(2)3)15-12(18-13)8-10(4)5/h9-10H,6-8H2,1-5H3. The molecule has 0 radical (unpaired) electrons. The highest BCUT2D eigenvalue weighted by Gasteiger charge is 2.22. The first-order valence-corrected chi connectivity index (χ1v) is 6.59. The summed E-state index contributed by atoms with van der Waals surface area (Å²) in [6, 6.07) is 0. The second kappa shape index (κ2) is 6.57. The summed E-state index contributed by atoms with van der Waals surface area (Å²) in [4.78, 5) is 16.2. The molecular weight excluding hydrogens is 230 g/mol. The quantitative estimate of drug-likeness (QED) is 0.730. The molecule has 0 atom stereocenters. The van der Waals surface area contributed by atoms with Crippen LogP contribution in [0, 0.1) is 11.8 Å². The Labute approximate surface area is 109 Å². The molecule has 1 rings (SSSR count). The molecule has 0 bridgehead atoms. The molecule has 0 spiro atoms. The molecule has 1 heterocycles. The van der Waals surface area contributed by atoms with E-state index in [1.165, 1.54) is 0 Å². The molecule has 18 heavy (non-hydrogen) atoms. The number of hydrogen-bond acceptors (Lipinski definition) is 4. The minimum atomic E-state index is -0.407. The number of rotatable bonds is 6. The van der Waals surface area contributed by atoms with Gasteiger partial charge in [0.05, 0.1) is 12.3 Å². The van der Waals surface area contributed by atoms with E-state index in [2.05, 4.69) is 32.7 Å². The van der Waals surface area contributed by atoms with Crippen LogP contribution in [0.2, 0.25) is 0 Å². The summed E-state index contributed by atoms with van der Waals surface area (Å²) in [7, 11) is 0. The largest absolute Gasteiger partial charge is 0.460 e. The molecule has 0 aliphatic rings. The Balaban J connectivity index is 2.96. The van der Waals surface area contributed by atoms with Crippen LogP contribution in [0.5, 0.6) is 0 Å². The van der Waals surface area contributed by atoms with Gasteiger partial charge in [-0.15, -0.1) is 0 Å². The van der Waals surface area contributed by atoms with Gasteiger partial charge in [-0.05, 0) is 25.2 Å². The lowest BCUT2D eigenvalue weighted by molar-refractivity contribution is 0.0485. The van der Waals surface area contributed by atoms with Crippen molar-refractivity contribution in [3.63, 3.8) is 0 Å². The normalized spacial score (nSPS) is 11.3. The third-order valence-corrected chi connectivity index (χ3v) is 2.39. The summed E-state index contributed by atoms with van der Waals surface area (Å²) < 4.78 is 10.6. The Morgan fingerprint density at radius 2 is 1.83 bits per heavy atom. The van der Waals surface area contributed by atoms with Crippen molar-refractivity contribution in [3.8, 4) is 0 Å². The summed E-state index contributed by atoms with van der Waals surface area (Å²) in [6.07, 6.45) is 1.47. The van der Waals surface area contributed by atoms with Crippen molar-refractivity contribution >= 4 is 5.97 Å². The van der Waals surface area contributed by atoms with E-state index in [1.54, 1.807) is 6.92 Å². The number of aromatic nitrogens is 1. The summed E-state index contributed by atoms with van der Waals surface area (Å²) in [5.74, 6) is 1.38. The zero-order valence-corrected chi connectivity index (χ0v) is 11.9. The molecule has 0 amide bonds. The van der Waals surface area contributed by atoms with Crippen molar-refractivity contribution < 1.29 is 13.9 Å². The van der Waals surface area contributed by atoms with E-state index in [1.807, 2.05) is 0 Å². The van der Waals surface area contributed by atoms with Gasteiger partial charge in [-0.3, -0.25) is 0 Å². The van der Waals surface area contributed by atoms with E-state index in [0.717, 1.165) is 18.5 Å². The lowest BCUT2D eigenvalue weighted by Crippen LogP contribution is -2.08. The number of nitrogens with zero attached hydrogens (tertiary/aromatic N) is 1. The predicted molar refractivity (Wildman–Crippen MR) is 69.5 cm³/mol. The Morgan fingerprint density at radius 3 is 2.33 bits per heavy atom. The number of ether oxygens (including phenoxy) is 1. The summed E-state index contributed by atoms with van der Waals surface area (Å²) >= 11 is 0. The van der Waals surface area contributed by atoms with Crippen molar-refractivity contribution in [1.29, 1.82) is 0 Å². The SMILES string of the molecule is CCOC(=O)c1oc(CC(C)C)nc1CC(C)C. The van der Waals surface area contributed by atoms with Crippen LogP contribution in [0.3, 0.4) is 0 Å². The van der Waals surface area contributed by atoms with Gasteiger partial charge in [-0.1, -0.05) is 27.7 Å². The molecular formula is C14H23NO3. The van der Waals surface area contributed by atoms with Gasteiger partial charge in [-0.2, -0.15) is 0 Å². The van der Waals surface area contributed by atoms with Crippen molar-refractivity contribution in [2.45, 2.75) is 47.5 Å². The highest BCUT2D eigenvalue weighted by atomic mass is 16.5. The highest BCUT2D eigenvalue weighted by Crippen LogP contribution is 2.18. The van der Waals surface area contributed by atoms with Crippen LogP contribution in [0.4, 0.5) is 0 Å². The summed E-state index contributed by atoms with van der Waals surface area (Å²) in [5.41, 5.74) is 0.721. The average molecular weight is 253 g/mol. The van der Waals surface area contributed by atoms with E-state index >= 15 is 0 Å². The Morgan fingerprint density at radius 1 is 1.22 bits per heavy atom. The molecule has 4 nitrogen and oxygen atoms in total. The molecule has 4 heteroatoms. The number of esters is 1. The lowest BCUT2D eigenvalue weighted by Gasteiger charge is -2.02. The van der Waals surface area contributed by atoms with Crippen LogP contribution in [-0.4, -0.2) is 17.6 Å². The second-order valence-corrected chi connectivity index (χ2v) is 5.30. The van der Waals surface area contributed by atoms with Gasteiger partial charge in [0.25, 0.3) is 0 Å². The maximum atomic E-state index is 11.8. The predicted octanol–water partition coefficient (Wildman–Crippen LogP) is 3.25. The highest BCUT2D eigenvalue weighted by molar-refractivity contribution is 5.87. The topological polar surface area (TPSA) is 52.3 Å². The van der Waals surface area contributed by atoms with Gasteiger partial charge < -0.3 is 9.15 Å². The van der Waals surface area contributed by atoms with Gasteiger partial charge in [0, 0.05) is 6.42 Å². The number of hydrogen-bond donors (Lipinski definition) is 0. The third kappa shape index (κ3) is 4.17. The first-order chi connectivity index (χ1) is 8.43. The van der Waals surface area contributed by atoms with Crippen LogP contribution < -0.4 is 0 Å². The van der Waals surface area contributed by atoms with E-state index in [9.17, 15) is 4.79 Å². The van der Waals surface area contributed by atoms with E-state index < -0.39 is 5.97 Å². The monoisotopic (exact) mass is 253 g/mol. The Kier molecular flexibility index (Phi) is 5.38. The van der Waals surface area contributed by atoms with Gasteiger partial charge >= 0.3 is 5.97 Å². The fraction of sp³-hybridized carbons (Fsp3) is 0.714. The van der Waals surface area contributed by atoms with Crippen molar-refractivity contribution in [1.82, 2.24) is 4.98 Å². The average Bonchev–Trinajstić information content (AvgIpc) is 2.59. The van der Waals surface area contributed by atoms with E-state index in [-0.39, 0.29) is 5.76 Å². The molecule has 1 aromatic rings. The van der Waals surface area contributed by atoms with E-state index in [0.29, 0.717) is 24.3 Å². The van der Waals surface area contributed by atoms with Gasteiger partial charge in [0.15, 0.2) is 5.89 Å².